The summed E-state index contributed by atoms with van der Waals surface area (Å²) in [5.74, 6) is 0. The van der Waals surface area contributed by atoms with Crippen molar-refractivity contribution < 1.29 is 8.42 Å². The molecule has 0 atom stereocenters. The van der Waals surface area contributed by atoms with Crippen LogP contribution in [0, 0.1) is 0 Å². The Kier molecular flexibility index (Phi) is 2.50. The molecule has 0 aromatic carbocycles. The van der Waals surface area contributed by atoms with E-state index in [1.54, 1.807) is 12.1 Å². The van der Waals surface area contributed by atoms with E-state index < -0.39 is 14.6 Å². The molecule has 0 unspecified atom stereocenters. The third-order valence-corrected chi connectivity index (χ3v) is 7.27. The molecule has 0 aliphatic heterocycles. The van der Waals surface area contributed by atoms with Crippen molar-refractivity contribution in [3.8, 4) is 0 Å². The van der Waals surface area contributed by atoms with E-state index >= 15 is 0 Å². The summed E-state index contributed by atoms with van der Waals surface area (Å²) < 4.78 is 24.7. The maximum atomic E-state index is 12.1. The summed E-state index contributed by atoms with van der Waals surface area (Å²) in [5, 5.41) is 0. The van der Waals surface area contributed by atoms with E-state index in [0.717, 1.165) is 3.79 Å². The average molecular weight is 296 g/mol. The summed E-state index contributed by atoms with van der Waals surface area (Å²) in [6, 6.07) is 3.39. The van der Waals surface area contributed by atoms with Gasteiger partial charge in [-0.25, -0.2) is 8.42 Å². The lowest BCUT2D eigenvalue weighted by Gasteiger charge is -2.11. The molecule has 3 nitrogen and oxygen atoms in total. The van der Waals surface area contributed by atoms with Crippen LogP contribution in [-0.4, -0.2) is 19.7 Å². The first kappa shape index (κ1) is 10.6. The molecule has 2 rings (SSSR count). The standard InChI is InChI=1S/C8H10BrNO2S2/c9-6-1-2-7(13-6)14(11,12)8(5-10)3-4-8/h1-2H,3-5,10H2. The minimum atomic E-state index is -3.19. The minimum Gasteiger partial charge on any atom is -0.329 e. The first-order valence-electron chi connectivity index (χ1n) is 4.22. The quantitative estimate of drug-likeness (QED) is 0.925. The summed E-state index contributed by atoms with van der Waals surface area (Å²) in [7, 11) is -3.19. The Morgan fingerprint density at radius 3 is 2.50 bits per heavy atom. The van der Waals surface area contributed by atoms with Crippen LogP contribution in [-0.2, 0) is 9.84 Å². The van der Waals surface area contributed by atoms with Crippen molar-refractivity contribution in [3.63, 3.8) is 0 Å². The molecule has 0 amide bonds. The Balaban J connectivity index is 2.43. The minimum absolute atomic E-state index is 0.227. The fraction of sp³-hybridized carbons (Fsp3) is 0.500. The van der Waals surface area contributed by atoms with Gasteiger partial charge in [-0.3, -0.25) is 0 Å². The number of rotatable bonds is 3. The van der Waals surface area contributed by atoms with E-state index in [-0.39, 0.29) is 6.54 Å². The third kappa shape index (κ3) is 1.44. The molecule has 1 aromatic heterocycles. The molecule has 14 heavy (non-hydrogen) atoms. The maximum absolute atomic E-state index is 12.1. The molecular formula is C8H10BrNO2S2. The number of hydrogen-bond acceptors (Lipinski definition) is 4. The van der Waals surface area contributed by atoms with Crippen LogP contribution in [0.1, 0.15) is 12.8 Å². The highest BCUT2D eigenvalue weighted by Crippen LogP contribution is 2.47. The van der Waals surface area contributed by atoms with Gasteiger partial charge in [0.05, 0.1) is 8.53 Å². The Bertz CT molecular complexity index is 448. The van der Waals surface area contributed by atoms with Gasteiger partial charge < -0.3 is 5.73 Å². The van der Waals surface area contributed by atoms with Crippen molar-refractivity contribution in [3.05, 3.63) is 15.9 Å². The van der Waals surface area contributed by atoms with Crippen molar-refractivity contribution in [2.45, 2.75) is 21.8 Å². The van der Waals surface area contributed by atoms with E-state index in [1.165, 1.54) is 11.3 Å². The van der Waals surface area contributed by atoms with Crippen molar-refractivity contribution >= 4 is 37.1 Å². The van der Waals surface area contributed by atoms with Gasteiger partial charge in [-0.15, -0.1) is 11.3 Å². The molecule has 78 valence electrons. The molecule has 1 heterocycles. The summed E-state index contributed by atoms with van der Waals surface area (Å²) in [4.78, 5) is 0. The van der Waals surface area contributed by atoms with Crippen LogP contribution >= 0.6 is 27.3 Å². The maximum Gasteiger partial charge on any atom is 0.194 e. The molecule has 1 fully saturated rings. The van der Waals surface area contributed by atoms with E-state index in [4.69, 9.17) is 5.73 Å². The zero-order chi connectivity index (χ0) is 10.4. The molecule has 1 saturated carbocycles. The Morgan fingerprint density at radius 1 is 1.50 bits per heavy atom. The second-order valence-corrected chi connectivity index (χ2v) is 8.48. The van der Waals surface area contributed by atoms with Crippen molar-refractivity contribution in [2.24, 2.45) is 5.73 Å². The first-order valence-corrected chi connectivity index (χ1v) is 7.31. The van der Waals surface area contributed by atoms with Crippen molar-refractivity contribution in [2.75, 3.05) is 6.54 Å². The highest BCUT2D eigenvalue weighted by Gasteiger charge is 2.54. The SMILES string of the molecule is NCC1(S(=O)(=O)c2ccc(Br)s2)CC1. The van der Waals surface area contributed by atoms with E-state index in [2.05, 4.69) is 15.9 Å². The van der Waals surface area contributed by atoms with Crippen LogP contribution in [0.25, 0.3) is 0 Å². The van der Waals surface area contributed by atoms with Gasteiger partial charge in [-0.2, -0.15) is 0 Å². The summed E-state index contributed by atoms with van der Waals surface area (Å²) in [6.45, 7) is 0.227. The highest BCUT2D eigenvalue weighted by atomic mass is 79.9. The number of halogens is 1. The summed E-state index contributed by atoms with van der Waals surface area (Å²) in [6.07, 6.45) is 1.39. The molecule has 2 N–H and O–H groups in total. The van der Waals surface area contributed by atoms with Crippen LogP contribution in [0.4, 0.5) is 0 Å². The van der Waals surface area contributed by atoms with E-state index in [9.17, 15) is 8.42 Å². The lowest BCUT2D eigenvalue weighted by atomic mass is 10.4. The van der Waals surface area contributed by atoms with Crippen LogP contribution in [0.2, 0.25) is 0 Å². The van der Waals surface area contributed by atoms with Crippen LogP contribution in [0.15, 0.2) is 20.1 Å². The Labute approximate surface area is 95.4 Å². The summed E-state index contributed by atoms with van der Waals surface area (Å²) in [5.41, 5.74) is 5.51. The van der Waals surface area contributed by atoms with Gasteiger partial charge >= 0.3 is 0 Å². The van der Waals surface area contributed by atoms with Crippen LogP contribution < -0.4 is 5.73 Å². The van der Waals surface area contributed by atoms with Gasteiger partial charge in [0.25, 0.3) is 0 Å². The molecule has 0 spiro atoms. The van der Waals surface area contributed by atoms with Gasteiger partial charge in [0, 0.05) is 6.54 Å². The van der Waals surface area contributed by atoms with Gasteiger partial charge in [-0.1, -0.05) is 0 Å². The highest BCUT2D eigenvalue weighted by molar-refractivity contribution is 9.11. The van der Waals surface area contributed by atoms with E-state index in [1.807, 2.05) is 0 Å². The Morgan fingerprint density at radius 2 is 2.14 bits per heavy atom. The van der Waals surface area contributed by atoms with Gasteiger partial charge in [0.15, 0.2) is 9.84 Å². The summed E-state index contributed by atoms with van der Waals surface area (Å²) >= 11 is 4.51. The molecular weight excluding hydrogens is 286 g/mol. The predicted octanol–water partition coefficient (Wildman–Crippen LogP) is 1.78. The van der Waals surface area contributed by atoms with Gasteiger partial charge in [0.1, 0.15) is 4.21 Å². The third-order valence-electron chi connectivity index (χ3n) is 2.56. The lowest BCUT2D eigenvalue weighted by molar-refractivity contribution is 0.579. The smallest absolute Gasteiger partial charge is 0.194 e. The number of thiophene rings is 1. The zero-order valence-electron chi connectivity index (χ0n) is 7.36. The van der Waals surface area contributed by atoms with E-state index in [0.29, 0.717) is 17.1 Å². The number of sulfone groups is 1. The van der Waals surface area contributed by atoms with Gasteiger partial charge in [-0.05, 0) is 40.9 Å². The molecule has 1 aromatic rings. The molecule has 0 bridgehead atoms. The van der Waals surface area contributed by atoms with Crippen molar-refractivity contribution in [1.29, 1.82) is 0 Å². The molecule has 1 aliphatic carbocycles. The lowest BCUT2D eigenvalue weighted by Crippen LogP contribution is -2.31. The van der Waals surface area contributed by atoms with Crippen LogP contribution in [0.5, 0.6) is 0 Å². The second kappa shape index (κ2) is 3.30. The predicted molar refractivity (Wildman–Crippen MR) is 60.2 cm³/mol. The second-order valence-electron chi connectivity index (χ2n) is 3.45. The largest absolute Gasteiger partial charge is 0.329 e. The average Bonchev–Trinajstić information content (AvgIpc) is 2.84. The fourth-order valence-electron chi connectivity index (χ4n) is 1.38. The van der Waals surface area contributed by atoms with Gasteiger partial charge in [0.2, 0.25) is 0 Å². The van der Waals surface area contributed by atoms with Crippen LogP contribution in [0.3, 0.4) is 0 Å². The molecule has 0 saturated heterocycles. The van der Waals surface area contributed by atoms with Crippen molar-refractivity contribution in [1.82, 2.24) is 0 Å². The Hall–Kier alpha value is 0.0900. The zero-order valence-corrected chi connectivity index (χ0v) is 10.6. The topological polar surface area (TPSA) is 60.2 Å². The molecule has 1 aliphatic rings. The monoisotopic (exact) mass is 295 g/mol. The number of nitrogens with two attached hydrogens (primary N) is 1. The molecule has 0 radical (unpaired) electrons. The number of hydrogen-bond donors (Lipinski definition) is 1. The molecule has 6 heteroatoms. The fourth-order valence-corrected chi connectivity index (χ4v) is 5.59. The normalized spacial score (nSPS) is 19.6. The first-order chi connectivity index (χ1) is 6.52.